The van der Waals surface area contributed by atoms with Crippen molar-refractivity contribution in [3.05, 3.63) is 30.5 Å². The molecule has 1 unspecified atom stereocenters. The molecule has 1 aliphatic rings. The number of ether oxygens (including phenoxy) is 1. The quantitative estimate of drug-likeness (QED) is 0.431. The molecule has 1 atom stereocenters. The smallest absolute Gasteiger partial charge is 0.191 e. The van der Waals surface area contributed by atoms with Crippen LogP contribution in [0.3, 0.4) is 0 Å². The molecule has 1 aromatic carbocycles. The van der Waals surface area contributed by atoms with Gasteiger partial charge in [0.15, 0.2) is 11.0 Å². The monoisotopic (exact) mass is 386 g/mol. The number of aliphatic hydroxyl groups is 1. The number of hydrogen-bond acceptors (Lipinski definition) is 5. The van der Waals surface area contributed by atoms with Gasteiger partial charge in [-0.1, -0.05) is 36.4 Å². The summed E-state index contributed by atoms with van der Waals surface area (Å²) in [4.78, 5) is 3.34. The predicted octanol–water partition coefficient (Wildman–Crippen LogP) is 3.86. The second-order valence-electron chi connectivity index (χ2n) is 6.93. The van der Waals surface area contributed by atoms with Gasteiger partial charge >= 0.3 is 0 Å². The number of fused-ring (bicyclic) bond motifs is 1. The minimum absolute atomic E-state index is 0.235. The SMILES string of the molecule is OCCCCCSc1nnc(-c2c[nH]c3ccccc23)n1CC1CCCO1. The maximum absolute atomic E-state index is 8.93. The van der Waals surface area contributed by atoms with E-state index in [4.69, 9.17) is 9.84 Å². The molecule has 6 nitrogen and oxygen atoms in total. The van der Waals surface area contributed by atoms with Crippen LogP contribution in [0.5, 0.6) is 0 Å². The molecule has 1 saturated heterocycles. The summed E-state index contributed by atoms with van der Waals surface area (Å²) in [5, 5.41) is 20.1. The van der Waals surface area contributed by atoms with Gasteiger partial charge in [-0.05, 0) is 31.7 Å². The average Bonchev–Trinajstić information content (AvgIpc) is 3.42. The molecule has 2 N–H and O–H groups in total. The predicted molar refractivity (Wildman–Crippen MR) is 108 cm³/mol. The fourth-order valence-corrected chi connectivity index (χ4v) is 4.51. The zero-order valence-corrected chi connectivity index (χ0v) is 16.2. The number of nitrogens with zero attached hydrogens (tertiary/aromatic N) is 3. The van der Waals surface area contributed by atoms with E-state index in [1.165, 1.54) is 0 Å². The topological polar surface area (TPSA) is 76.0 Å². The number of thioether (sulfide) groups is 1. The molecular weight excluding hydrogens is 360 g/mol. The van der Waals surface area contributed by atoms with Crippen LogP contribution in [0, 0.1) is 0 Å². The van der Waals surface area contributed by atoms with Gasteiger partial charge in [-0.3, -0.25) is 4.57 Å². The van der Waals surface area contributed by atoms with Crippen molar-refractivity contribution in [2.24, 2.45) is 0 Å². The Balaban J connectivity index is 1.60. The largest absolute Gasteiger partial charge is 0.396 e. The highest BCUT2D eigenvalue weighted by Crippen LogP contribution is 2.31. The van der Waals surface area contributed by atoms with Crippen LogP contribution in [0.15, 0.2) is 35.6 Å². The zero-order chi connectivity index (χ0) is 18.5. The second kappa shape index (κ2) is 8.91. The number of aromatic amines is 1. The Morgan fingerprint density at radius 1 is 1.22 bits per heavy atom. The van der Waals surface area contributed by atoms with Gasteiger partial charge < -0.3 is 14.8 Å². The summed E-state index contributed by atoms with van der Waals surface area (Å²) in [6, 6.07) is 8.29. The van der Waals surface area contributed by atoms with Gasteiger partial charge in [-0.15, -0.1) is 10.2 Å². The number of aliphatic hydroxyl groups excluding tert-OH is 1. The first-order chi connectivity index (χ1) is 13.4. The summed E-state index contributed by atoms with van der Waals surface area (Å²) >= 11 is 1.75. The highest BCUT2D eigenvalue weighted by Gasteiger charge is 2.22. The minimum atomic E-state index is 0.235. The molecule has 0 spiro atoms. The number of unbranched alkanes of at least 4 members (excludes halogenated alkanes) is 2. The van der Waals surface area contributed by atoms with Gasteiger partial charge in [-0.25, -0.2) is 0 Å². The van der Waals surface area contributed by atoms with Crippen molar-refractivity contribution in [3.63, 3.8) is 0 Å². The number of nitrogens with one attached hydrogen (secondary N) is 1. The van der Waals surface area contributed by atoms with Crippen LogP contribution in [-0.2, 0) is 11.3 Å². The molecule has 0 bridgehead atoms. The molecule has 144 valence electrons. The fourth-order valence-electron chi connectivity index (χ4n) is 3.56. The van der Waals surface area contributed by atoms with E-state index >= 15 is 0 Å². The maximum Gasteiger partial charge on any atom is 0.191 e. The molecule has 4 rings (SSSR count). The Hall–Kier alpha value is -1.83. The van der Waals surface area contributed by atoms with Crippen molar-refractivity contribution < 1.29 is 9.84 Å². The van der Waals surface area contributed by atoms with Crippen LogP contribution in [0.1, 0.15) is 32.1 Å². The highest BCUT2D eigenvalue weighted by atomic mass is 32.2. The Morgan fingerprint density at radius 2 is 2.15 bits per heavy atom. The normalized spacial score (nSPS) is 17.1. The Morgan fingerprint density at radius 3 is 3.00 bits per heavy atom. The van der Waals surface area contributed by atoms with Gasteiger partial charge in [0, 0.05) is 41.6 Å². The zero-order valence-electron chi connectivity index (χ0n) is 15.4. The number of benzene rings is 1. The van der Waals surface area contributed by atoms with Crippen molar-refractivity contribution in [2.45, 2.75) is 49.9 Å². The van der Waals surface area contributed by atoms with Gasteiger partial charge in [0.05, 0.1) is 12.6 Å². The summed E-state index contributed by atoms with van der Waals surface area (Å²) in [7, 11) is 0. The lowest BCUT2D eigenvalue weighted by Gasteiger charge is -2.14. The molecule has 27 heavy (non-hydrogen) atoms. The van der Waals surface area contributed by atoms with E-state index in [-0.39, 0.29) is 12.7 Å². The van der Waals surface area contributed by atoms with Gasteiger partial charge in [0.1, 0.15) is 0 Å². The summed E-state index contributed by atoms with van der Waals surface area (Å²) in [6.07, 6.45) is 7.45. The Kier molecular flexibility index (Phi) is 6.11. The van der Waals surface area contributed by atoms with E-state index in [1.54, 1.807) is 11.8 Å². The van der Waals surface area contributed by atoms with Gasteiger partial charge in [0.2, 0.25) is 0 Å². The molecular formula is C20H26N4O2S. The summed E-state index contributed by atoms with van der Waals surface area (Å²) in [5.41, 5.74) is 2.20. The van der Waals surface area contributed by atoms with E-state index in [0.29, 0.717) is 0 Å². The minimum Gasteiger partial charge on any atom is -0.396 e. The number of H-pyrrole nitrogens is 1. The van der Waals surface area contributed by atoms with Crippen LogP contribution < -0.4 is 0 Å². The van der Waals surface area contributed by atoms with Gasteiger partial charge in [0.25, 0.3) is 0 Å². The molecule has 2 aromatic heterocycles. The molecule has 3 aromatic rings. The van der Waals surface area contributed by atoms with Crippen molar-refractivity contribution in [1.82, 2.24) is 19.7 Å². The van der Waals surface area contributed by atoms with Crippen LogP contribution in [0.25, 0.3) is 22.3 Å². The molecule has 0 radical (unpaired) electrons. The fraction of sp³-hybridized carbons (Fsp3) is 0.500. The summed E-state index contributed by atoms with van der Waals surface area (Å²) < 4.78 is 8.10. The van der Waals surface area contributed by atoms with E-state index in [9.17, 15) is 0 Å². The van der Waals surface area contributed by atoms with Crippen LogP contribution in [-0.4, -0.2) is 49.9 Å². The van der Waals surface area contributed by atoms with Crippen LogP contribution >= 0.6 is 11.8 Å². The van der Waals surface area contributed by atoms with Crippen LogP contribution in [0.4, 0.5) is 0 Å². The maximum atomic E-state index is 8.93. The van der Waals surface area contributed by atoms with Crippen molar-refractivity contribution in [1.29, 1.82) is 0 Å². The van der Waals surface area contributed by atoms with E-state index < -0.39 is 0 Å². The molecule has 7 heteroatoms. The standard InChI is InChI=1S/C20H26N4O2S/c25-10-4-1-5-12-27-20-23-22-19(24(20)14-15-7-6-11-26-15)17-13-21-18-9-3-2-8-16(17)18/h2-3,8-9,13,15,21,25H,1,4-7,10-12,14H2. The van der Waals surface area contributed by atoms with Crippen molar-refractivity contribution in [2.75, 3.05) is 19.0 Å². The van der Waals surface area contributed by atoms with E-state index in [2.05, 4.69) is 37.9 Å². The molecule has 1 aliphatic heterocycles. The molecule has 0 amide bonds. The lowest BCUT2D eigenvalue weighted by molar-refractivity contribution is 0.0953. The van der Waals surface area contributed by atoms with Crippen molar-refractivity contribution >= 4 is 22.7 Å². The highest BCUT2D eigenvalue weighted by molar-refractivity contribution is 7.99. The lowest BCUT2D eigenvalue weighted by atomic mass is 10.1. The first kappa shape index (κ1) is 18.5. The van der Waals surface area contributed by atoms with E-state index in [1.807, 2.05) is 12.3 Å². The van der Waals surface area contributed by atoms with Crippen molar-refractivity contribution in [3.8, 4) is 11.4 Å². The summed E-state index contributed by atoms with van der Waals surface area (Å²) in [5.74, 6) is 1.89. The number of hydrogen-bond donors (Lipinski definition) is 2. The van der Waals surface area contributed by atoms with E-state index in [0.717, 1.165) is 78.5 Å². The third-order valence-corrected chi connectivity index (χ3v) is 6.04. The lowest BCUT2D eigenvalue weighted by Crippen LogP contribution is -2.16. The second-order valence-corrected chi connectivity index (χ2v) is 7.99. The third kappa shape index (κ3) is 4.20. The first-order valence-electron chi connectivity index (χ1n) is 9.72. The first-order valence-corrected chi connectivity index (χ1v) is 10.7. The number of aromatic nitrogens is 4. The summed E-state index contributed by atoms with van der Waals surface area (Å²) in [6.45, 7) is 1.91. The molecule has 3 heterocycles. The van der Waals surface area contributed by atoms with Gasteiger partial charge in [-0.2, -0.15) is 0 Å². The third-order valence-electron chi connectivity index (χ3n) is 4.99. The average molecular weight is 387 g/mol. The molecule has 0 aliphatic carbocycles. The Bertz CT molecular complexity index is 870. The number of rotatable bonds is 9. The van der Waals surface area contributed by atoms with Crippen LogP contribution in [0.2, 0.25) is 0 Å². The number of para-hydroxylation sites is 1. The molecule has 1 fully saturated rings. The molecule has 0 saturated carbocycles. The Labute approximate surface area is 163 Å².